The molecular weight excluding hydrogens is 351 g/mol. The average molecular weight is 369 g/mol. The van der Waals surface area contributed by atoms with E-state index in [0.717, 1.165) is 10.6 Å². The van der Waals surface area contributed by atoms with Gasteiger partial charge in [0.25, 0.3) is 5.91 Å². The molecule has 2 aromatic rings. The summed E-state index contributed by atoms with van der Waals surface area (Å²) in [5.74, 6) is 0.525. The lowest BCUT2D eigenvalue weighted by molar-refractivity contribution is -0.153. The van der Waals surface area contributed by atoms with E-state index in [1.807, 2.05) is 31.2 Å². The zero-order valence-corrected chi connectivity index (χ0v) is 14.4. The van der Waals surface area contributed by atoms with Crippen molar-refractivity contribution in [3.05, 3.63) is 59.7 Å². The van der Waals surface area contributed by atoms with Gasteiger partial charge in [-0.2, -0.15) is 13.2 Å². The molecule has 1 N–H and O–H groups in total. The van der Waals surface area contributed by atoms with E-state index in [9.17, 15) is 18.0 Å². The lowest BCUT2D eigenvalue weighted by Gasteiger charge is -2.10. The van der Waals surface area contributed by atoms with Crippen molar-refractivity contribution >= 4 is 17.7 Å². The molecule has 2 rings (SSSR count). The van der Waals surface area contributed by atoms with Crippen LogP contribution >= 0.6 is 11.8 Å². The summed E-state index contributed by atoms with van der Waals surface area (Å²) in [5, 5.41) is 2.78. The molecule has 25 heavy (non-hydrogen) atoms. The Hall–Kier alpha value is -2.15. The van der Waals surface area contributed by atoms with Gasteiger partial charge in [0.15, 0.2) is 6.61 Å². The molecule has 0 aliphatic carbocycles. The SMILES string of the molecule is Cc1ccc(SCCNC(=O)c2ccc(OCC(F)(F)F)cc2)cc1. The van der Waals surface area contributed by atoms with Crippen molar-refractivity contribution in [1.82, 2.24) is 5.32 Å². The predicted molar refractivity (Wildman–Crippen MR) is 92.2 cm³/mol. The summed E-state index contributed by atoms with van der Waals surface area (Å²) in [4.78, 5) is 13.1. The summed E-state index contributed by atoms with van der Waals surface area (Å²) < 4.78 is 40.8. The van der Waals surface area contributed by atoms with Crippen LogP contribution in [0.1, 0.15) is 15.9 Å². The molecular formula is C18H18F3NO2S. The first-order valence-electron chi connectivity index (χ1n) is 7.61. The molecule has 3 nitrogen and oxygen atoms in total. The van der Waals surface area contributed by atoms with Gasteiger partial charge in [-0.1, -0.05) is 17.7 Å². The smallest absolute Gasteiger partial charge is 0.422 e. The predicted octanol–water partition coefficient (Wildman–Crippen LogP) is 4.46. The molecule has 0 saturated heterocycles. The second-order valence-corrected chi connectivity index (χ2v) is 6.51. The van der Waals surface area contributed by atoms with Crippen molar-refractivity contribution in [3.63, 3.8) is 0 Å². The molecule has 0 heterocycles. The van der Waals surface area contributed by atoms with Crippen molar-refractivity contribution in [3.8, 4) is 5.75 Å². The van der Waals surface area contributed by atoms with Crippen LogP contribution in [0.3, 0.4) is 0 Å². The highest BCUT2D eigenvalue weighted by Gasteiger charge is 2.28. The topological polar surface area (TPSA) is 38.3 Å². The number of carbonyl (C=O) groups excluding carboxylic acids is 1. The fourth-order valence-corrected chi connectivity index (χ4v) is 2.71. The van der Waals surface area contributed by atoms with Gasteiger partial charge in [-0.15, -0.1) is 11.8 Å². The standard InChI is InChI=1S/C18H18F3NO2S/c1-13-2-8-16(9-3-13)25-11-10-22-17(23)14-4-6-15(7-5-14)24-12-18(19,20)21/h2-9H,10-12H2,1H3,(H,22,23). The molecule has 0 saturated carbocycles. The van der Waals surface area contributed by atoms with Crippen LogP contribution in [0.4, 0.5) is 13.2 Å². The molecule has 7 heteroatoms. The summed E-state index contributed by atoms with van der Waals surface area (Å²) in [5.41, 5.74) is 1.57. The van der Waals surface area contributed by atoms with E-state index in [-0.39, 0.29) is 11.7 Å². The molecule has 0 unspecified atom stereocenters. The fraction of sp³-hybridized carbons (Fsp3) is 0.278. The first kappa shape index (κ1) is 19.2. The van der Waals surface area contributed by atoms with E-state index < -0.39 is 12.8 Å². The second kappa shape index (κ2) is 8.80. The summed E-state index contributed by atoms with van der Waals surface area (Å²) in [6, 6.07) is 13.7. The number of carbonyl (C=O) groups is 1. The number of halogens is 3. The van der Waals surface area contributed by atoms with Crippen LogP contribution < -0.4 is 10.1 Å². The highest BCUT2D eigenvalue weighted by atomic mass is 32.2. The molecule has 0 aliphatic heterocycles. The normalized spacial score (nSPS) is 11.2. The number of rotatable bonds is 7. The van der Waals surface area contributed by atoms with Gasteiger partial charge in [-0.25, -0.2) is 0 Å². The Morgan fingerprint density at radius 1 is 1.08 bits per heavy atom. The van der Waals surface area contributed by atoms with Crippen LogP contribution in [0.15, 0.2) is 53.4 Å². The van der Waals surface area contributed by atoms with E-state index in [1.54, 1.807) is 11.8 Å². The minimum Gasteiger partial charge on any atom is -0.484 e. The Kier molecular flexibility index (Phi) is 6.75. The third kappa shape index (κ3) is 7.09. The van der Waals surface area contributed by atoms with Gasteiger partial charge >= 0.3 is 6.18 Å². The van der Waals surface area contributed by atoms with Crippen molar-refractivity contribution in [1.29, 1.82) is 0 Å². The number of nitrogens with one attached hydrogen (secondary N) is 1. The number of hydrogen-bond acceptors (Lipinski definition) is 3. The molecule has 0 bridgehead atoms. The Labute approximate surface area is 148 Å². The first-order chi connectivity index (χ1) is 11.8. The van der Waals surface area contributed by atoms with Crippen LogP contribution in [0.5, 0.6) is 5.75 Å². The van der Waals surface area contributed by atoms with Crippen molar-refractivity contribution < 1.29 is 22.7 Å². The molecule has 0 fully saturated rings. The molecule has 1 amide bonds. The highest BCUT2D eigenvalue weighted by Crippen LogP contribution is 2.19. The Morgan fingerprint density at radius 3 is 2.32 bits per heavy atom. The molecule has 0 aromatic heterocycles. The zero-order chi connectivity index (χ0) is 18.3. The lowest BCUT2D eigenvalue weighted by atomic mass is 10.2. The Balaban J connectivity index is 1.74. The van der Waals surface area contributed by atoms with Gasteiger partial charge in [0.1, 0.15) is 5.75 Å². The van der Waals surface area contributed by atoms with E-state index in [0.29, 0.717) is 12.1 Å². The van der Waals surface area contributed by atoms with Crippen LogP contribution in [0.2, 0.25) is 0 Å². The van der Waals surface area contributed by atoms with Crippen molar-refractivity contribution in [2.45, 2.75) is 18.0 Å². The van der Waals surface area contributed by atoms with Gasteiger partial charge in [-0.3, -0.25) is 4.79 Å². The van der Waals surface area contributed by atoms with Gasteiger partial charge in [-0.05, 0) is 43.3 Å². The monoisotopic (exact) mass is 369 g/mol. The quantitative estimate of drug-likeness (QED) is 0.579. The van der Waals surface area contributed by atoms with Gasteiger partial charge in [0.2, 0.25) is 0 Å². The number of ether oxygens (including phenoxy) is 1. The van der Waals surface area contributed by atoms with E-state index >= 15 is 0 Å². The molecule has 2 aromatic carbocycles. The van der Waals surface area contributed by atoms with Crippen molar-refractivity contribution in [2.24, 2.45) is 0 Å². The number of benzene rings is 2. The molecule has 0 atom stereocenters. The molecule has 0 radical (unpaired) electrons. The zero-order valence-electron chi connectivity index (χ0n) is 13.6. The van der Waals surface area contributed by atoms with E-state index in [2.05, 4.69) is 10.1 Å². The second-order valence-electron chi connectivity index (χ2n) is 5.35. The largest absolute Gasteiger partial charge is 0.484 e. The van der Waals surface area contributed by atoms with Crippen molar-refractivity contribution in [2.75, 3.05) is 18.9 Å². The number of amides is 1. The third-order valence-corrected chi connectivity index (χ3v) is 4.21. The highest BCUT2D eigenvalue weighted by molar-refractivity contribution is 7.99. The molecule has 0 aliphatic rings. The van der Waals surface area contributed by atoms with Crippen LogP contribution in [0, 0.1) is 6.92 Å². The Morgan fingerprint density at radius 2 is 1.72 bits per heavy atom. The summed E-state index contributed by atoms with van der Waals surface area (Å²) >= 11 is 1.64. The van der Waals surface area contributed by atoms with E-state index in [4.69, 9.17) is 0 Å². The maximum atomic E-state index is 12.1. The minimum absolute atomic E-state index is 0.0730. The fourth-order valence-electron chi connectivity index (χ4n) is 1.94. The third-order valence-electron chi connectivity index (χ3n) is 3.20. The first-order valence-corrected chi connectivity index (χ1v) is 8.59. The summed E-state index contributed by atoms with van der Waals surface area (Å²) in [6.07, 6.45) is -4.38. The van der Waals surface area contributed by atoms with Gasteiger partial charge < -0.3 is 10.1 Å². The number of thioether (sulfide) groups is 1. The maximum Gasteiger partial charge on any atom is 0.422 e. The molecule has 134 valence electrons. The van der Waals surface area contributed by atoms with Crippen LogP contribution in [-0.2, 0) is 0 Å². The van der Waals surface area contributed by atoms with Crippen LogP contribution in [0.25, 0.3) is 0 Å². The Bertz CT molecular complexity index is 685. The van der Waals surface area contributed by atoms with Gasteiger partial charge in [0, 0.05) is 22.8 Å². The lowest BCUT2D eigenvalue weighted by Crippen LogP contribution is -2.25. The van der Waals surface area contributed by atoms with Gasteiger partial charge in [0.05, 0.1) is 0 Å². The minimum atomic E-state index is -4.38. The van der Waals surface area contributed by atoms with Crippen LogP contribution in [-0.4, -0.2) is 31.0 Å². The molecule has 0 spiro atoms. The number of aryl methyl sites for hydroxylation is 1. The maximum absolute atomic E-state index is 12.1. The van der Waals surface area contributed by atoms with E-state index in [1.165, 1.54) is 29.8 Å². The summed E-state index contributed by atoms with van der Waals surface area (Å²) in [6.45, 7) is 1.16. The average Bonchev–Trinajstić information content (AvgIpc) is 2.58. The number of alkyl halides is 3. The number of hydrogen-bond donors (Lipinski definition) is 1. The summed E-state index contributed by atoms with van der Waals surface area (Å²) in [7, 11) is 0.